The Morgan fingerprint density at radius 1 is 1.12 bits per heavy atom. The van der Waals surface area contributed by atoms with Crippen LogP contribution in [0.5, 0.6) is 5.75 Å². The van der Waals surface area contributed by atoms with Crippen molar-refractivity contribution in [2.24, 2.45) is 5.73 Å². The zero-order valence-electron chi connectivity index (χ0n) is 13.5. The van der Waals surface area contributed by atoms with E-state index in [9.17, 15) is 13.2 Å². The van der Waals surface area contributed by atoms with E-state index in [-0.39, 0.29) is 4.90 Å². The maximum Gasteiger partial charge on any atom is 0.338 e. The minimum absolute atomic E-state index is 0.202. The standard InChI is InChI=1S/C17H19NO5S/c1-22-17(19)14-8-13(9-15(10-14)23-7-6-18)12-4-3-5-16(11-12)24(2,20)21/h3-5,8-11H,6-7,18H2,1-2H3. The fourth-order valence-corrected chi connectivity index (χ4v) is 2.83. The molecule has 0 aliphatic heterocycles. The Labute approximate surface area is 141 Å². The van der Waals surface area contributed by atoms with Gasteiger partial charge in [0, 0.05) is 12.8 Å². The van der Waals surface area contributed by atoms with Gasteiger partial charge < -0.3 is 15.2 Å². The minimum atomic E-state index is -3.33. The number of hydrogen-bond donors (Lipinski definition) is 1. The first-order chi connectivity index (χ1) is 11.3. The lowest BCUT2D eigenvalue weighted by atomic mass is 10.0. The summed E-state index contributed by atoms with van der Waals surface area (Å²) in [5.41, 5.74) is 7.05. The van der Waals surface area contributed by atoms with Crippen molar-refractivity contribution in [3.8, 4) is 16.9 Å². The molecule has 0 saturated carbocycles. The number of benzene rings is 2. The highest BCUT2D eigenvalue weighted by atomic mass is 32.2. The van der Waals surface area contributed by atoms with Gasteiger partial charge in [0.2, 0.25) is 0 Å². The number of methoxy groups -OCH3 is 1. The van der Waals surface area contributed by atoms with E-state index < -0.39 is 15.8 Å². The monoisotopic (exact) mass is 349 g/mol. The quantitative estimate of drug-likeness (QED) is 0.800. The number of nitrogens with two attached hydrogens (primary N) is 1. The molecule has 0 fully saturated rings. The van der Waals surface area contributed by atoms with Gasteiger partial charge in [-0.25, -0.2) is 13.2 Å². The molecule has 2 rings (SSSR count). The van der Waals surface area contributed by atoms with Gasteiger partial charge in [-0.1, -0.05) is 12.1 Å². The van der Waals surface area contributed by atoms with Crippen molar-refractivity contribution in [3.63, 3.8) is 0 Å². The normalized spacial score (nSPS) is 11.1. The molecule has 0 unspecified atom stereocenters. The summed E-state index contributed by atoms with van der Waals surface area (Å²) in [5.74, 6) is -0.0446. The molecule has 0 aliphatic carbocycles. The average molecular weight is 349 g/mol. The van der Waals surface area contributed by atoms with Gasteiger partial charge in [0.05, 0.1) is 17.6 Å². The van der Waals surface area contributed by atoms with Crippen LogP contribution in [0.15, 0.2) is 47.4 Å². The second kappa shape index (κ2) is 7.46. The minimum Gasteiger partial charge on any atom is -0.492 e. The lowest BCUT2D eigenvalue weighted by Crippen LogP contribution is -2.11. The number of ether oxygens (including phenoxy) is 2. The van der Waals surface area contributed by atoms with Crippen LogP contribution in [0.3, 0.4) is 0 Å². The lowest BCUT2D eigenvalue weighted by molar-refractivity contribution is 0.0600. The third-order valence-electron chi connectivity index (χ3n) is 3.31. The summed E-state index contributed by atoms with van der Waals surface area (Å²) >= 11 is 0. The van der Waals surface area contributed by atoms with E-state index in [1.807, 2.05) is 0 Å². The zero-order chi connectivity index (χ0) is 17.7. The summed E-state index contributed by atoms with van der Waals surface area (Å²) in [5, 5.41) is 0. The third kappa shape index (κ3) is 4.33. The molecular weight excluding hydrogens is 330 g/mol. The molecular formula is C17H19NO5S. The molecule has 0 bridgehead atoms. The summed E-state index contributed by atoms with van der Waals surface area (Å²) in [7, 11) is -2.04. The van der Waals surface area contributed by atoms with Gasteiger partial charge in [-0.05, 0) is 41.5 Å². The highest BCUT2D eigenvalue weighted by Crippen LogP contribution is 2.28. The van der Waals surface area contributed by atoms with E-state index in [0.717, 1.165) is 6.26 Å². The summed E-state index contributed by atoms with van der Waals surface area (Å²) in [6.07, 6.45) is 1.15. The smallest absolute Gasteiger partial charge is 0.338 e. The van der Waals surface area contributed by atoms with Crippen molar-refractivity contribution in [1.29, 1.82) is 0 Å². The molecule has 0 saturated heterocycles. The molecule has 0 aliphatic rings. The van der Waals surface area contributed by atoms with E-state index in [2.05, 4.69) is 0 Å². The Morgan fingerprint density at radius 2 is 1.88 bits per heavy atom. The molecule has 24 heavy (non-hydrogen) atoms. The summed E-state index contributed by atoms with van der Waals surface area (Å²) < 4.78 is 33.7. The predicted octanol–water partition coefficient (Wildman–Crippen LogP) is 1.88. The van der Waals surface area contributed by atoms with Gasteiger partial charge in [0.25, 0.3) is 0 Å². The average Bonchev–Trinajstić information content (AvgIpc) is 2.58. The first-order valence-corrected chi connectivity index (χ1v) is 9.11. The van der Waals surface area contributed by atoms with Gasteiger partial charge in [0.15, 0.2) is 9.84 Å². The zero-order valence-corrected chi connectivity index (χ0v) is 14.3. The number of rotatable bonds is 6. The molecule has 2 aromatic carbocycles. The molecule has 7 heteroatoms. The van der Waals surface area contributed by atoms with Crippen LogP contribution in [0.1, 0.15) is 10.4 Å². The van der Waals surface area contributed by atoms with Gasteiger partial charge in [0.1, 0.15) is 12.4 Å². The number of esters is 1. The highest BCUT2D eigenvalue weighted by Gasteiger charge is 2.13. The number of hydrogen-bond acceptors (Lipinski definition) is 6. The number of carbonyl (C=O) groups is 1. The molecule has 128 valence electrons. The Balaban J connectivity index is 2.54. The maximum atomic E-state index is 11.9. The third-order valence-corrected chi connectivity index (χ3v) is 4.42. The molecule has 0 spiro atoms. The molecule has 0 atom stereocenters. The first kappa shape index (κ1) is 18.0. The van der Waals surface area contributed by atoms with E-state index in [1.165, 1.54) is 13.2 Å². The number of carbonyl (C=O) groups excluding carboxylic acids is 1. The van der Waals surface area contributed by atoms with Crippen LogP contribution in [-0.4, -0.2) is 40.9 Å². The van der Waals surface area contributed by atoms with E-state index in [1.54, 1.807) is 36.4 Å². The lowest BCUT2D eigenvalue weighted by Gasteiger charge is -2.11. The van der Waals surface area contributed by atoms with Crippen molar-refractivity contribution in [3.05, 3.63) is 48.0 Å². The molecule has 2 N–H and O–H groups in total. The molecule has 6 nitrogen and oxygen atoms in total. The van der Waals surface area contributed by atoms with Crippen molar-refractivity contribution in [2.75, 3.05) is 26.5 Å². The Morgan fingerprint density at radius 3 is 2.50 bits per heavy atom. The second-order valence-electron chi connectivity index (χ2n) is 5.17. The van der Waals surface area contributed by atoms with Gasteiger partial charge in [-0.3, -0.25) is 0 Å². The van der Waals surface area contributed by atoms with Crippen LogP contribution in [0.4, 0.5) is 0 Å². The molecule has 0 aromatic heterocycles. The van der Waals surface area contributed by atoms with E-state index in [4.69, 9.17) is 15.2 Å². The highest BCUT2D eigenvalue weighted by molar-refractivity contribution is 7.90. The maximum absolute atomic E-state index is 11.9. The van der Waals surface area contributed by atoms with Crippen LogP contribution < -0.4 is 10.5 Å². The van der Waals surface area contributed by atoms with E-state index in [0.29, 0.717) is 35.6 Å². The molecule has 2 aromatic rings. The van der Waals surface area contributed by atoms with Crippen LogP contribution in [0, 0.1) is 0 Å². The van der Waals surface area contributed by atoms with Crippen molar-refractivity contribution in [2.45, 2.75) is 4.90 Å². The van der Waals surface area contributed by atoms with Gasteiger partial charge in [-0.15, -0.1) is 0 Å². The summed E-state index contributed by atoms with van der Waals surface area (Å²) in [4.78, 5) is 12.1. The largest absolute Gasteiger partial charge is 0.492 e. The van der Waals surface area contributed by atoms with Crippen LogP contribution in [0.2, 0.25) is 0 Å². The van der Waals surface area contributed by atoms with Crippen molar-refractivity contribution >= 4 is 15.8 Å². The predicted molar refractivity (Wildman–Crippen MR) is 90.9 cm³/mol. The summed E-state index contributed by atoms with van der Waals surface area (Å²) in [6.45, 7) is 0.634. The molecule has 0 radical (unpaired) electrons. The Bertz CT molecular complexity index is 846. The fourth-order valence-electron chi connectivity index (χ4n) is 2.17. The Hall–Kier alpha value is -2.38. The first-order valence-electron chi connectivity index (χ1n) is 7.22. The van der Waals surface area contributed by atoms with Crippen molar-refractivity contribution in [1.82, 2.24) is 0 Å². The van der Waals surface area contributed by atoms with Crippen molar-refractivity contribution < 1.29 is 22.7 Å². The number of sulfone groups is 1. The second-order valence-corrected chi connectivity index (χ2v) is 7.19. The van der Waals surface area contributed by atoms with Gasteiger partial charge in [-0.2, -0.15) is 0 Å². The SMILES string of the molecule is COC(=O)c1cc(OCCN)cc(-c2cccc(S(C)(=O)=O)c2)c1. The Kier molecular flexibility index (Phi) is 5.58. The van der Waals surface area contributed by atoms with Crippen LogP contribution in [-0.2, 0) is 14.6 Å². The van der Waals surface area contributed by atoms with Crippen LogP contribution >= 0.6 is 0 Å². The van der Waals surface area contributed by atoms with E-state index >= 15 is 0 Å². The fraction of sp³-hybridized carbons (Fsp3) is 0.235. The van der Waals surface area contributed by atoms with Gasteiger partial charge >= 0.3 is 5.97 Å². The topological polar surface area (TPSA) is 95.7 Å². The summed E-state index contributed by atoms with van der Waals surface area (Å²) in [6, 6.07) is 11.4. The molecule has 0 heterocycles. The van der Waals surface area contributed by atoms with Crippen LogP contribution in [0.25, 0.3) is 11.1 Å². The molecule has 0 amide bonds.